The summed E-state index contributed by atoms with van der Waals surface area (Å²) in [4.78, 5) is 37.1. The maximum absolute atomic E-state index is 12.8. The quantitative estimate of drug-likeness (QED) is 0.0511. The first-order valence-corrected chi connectivity index (χ1v) is 18.1. The van der Waals surface area contributed by atoms with E-state index in [0.29, 0.717) is 13.0 Å². The summed E-state index contributed by atoms with van der Waals surface area (Å²) in [7, 11) is 0. The van der Waals surface area contributed by atoms with Crippen molar-refractivity contribution in [1.82, 2.24) is 10.6 Å². The fourth-order valence-corrected chi connectivity index (χ4v) is 7.00. The van der Waals surface area contributed by atoms with E-state index in [4.69, 9.17) is 48.4 Å². The fraction of sp³-hybridized carbons (Fsp3) is 0.906. The molecule has 5 saturated heterocycles. The number of aliphatic carboxylic acids is 1. The summed E-state index contributed by atoms with van der Waals surface area (Å²) < 4.78 is 53.3. The summed E-state index contributed by atoms with van der Waals surface area (Å²) in [5.41, 5.74) is 5.58. The lowest BCUT2D eigenvalue weighted by Crippen LogP contribution is -2.70. The van der Waals surface area contributed by atoms with Gasteiger partial charge in [0.15, 0.2) is 37.6 Å². The van der Waals surface area contributed by atoms with Gasteiger partial charge in [0.1, 0.15) is 79.2 Å². The second-order valence-corrected chi connectivity index (χ2v) is 14.1. The molecular formula is C32H53N3O20. The summed E-state index contributed by atoms with van der Waals surface area (Å²) in [5.74, 6) is -2.87. The second-order valence-electron chi connectivity index (χ2n) is 14.1. The highest BCUT2D eigenvalue weighted by Crippen LogP contribution is 2.41. The zero-order valence-corrected chi connectivity index (χ0v) is 30.3. The number of rotatable bonds is 16. The minimum atomic E-state index is -2.09. The maximum Gasteiger partial charge on any atom is 0.335 e. The molecule has 5 aliphatic rings. The van der Waals surface area contributed by atoms with Gasteiger partial charge in [-0.25, -0.2) is 4.79 Å². The molecule has 12 N–H and O–H groups in total. The number of carbonyl (C=O) groups excluding carboxylic acids is 2. The number of nitrogens with one attached hydrogen (secondary N) is 2. The summed E-state index contributed by atoms with van der Waals surface area (Å²) in [6.07, 6.45) is -26.4. The molecule has 55 heavy (non-hydrogen) atoms. The SMILES string of the molecule is CC(=O)N[C@H]1C(O[C@@H]2OC(C(=O)O)[C@@H](O)C(O)C2O)C(O[C@@H]2OC(CO)[C@@H](O)C(O)C2O)[C@H](C)O[C@H]1OC1[C@H]2OC2O[C@@H](OCCCCCN)[C@H]1NC(C)=O. The third-order valence-electron chi connectivity index (χ3n) is 9.91. The molecule has 0 aromatic heterocycles. The van der Waals surface area contributed by atoms with Gasteiger partial charge in [0, 0.05) is 20.5 Å². The summed E-state index contributed by atoms with van der Waals surface area (Å²) in [6.45, 7) is 3.80. The Labute approximate surface area is 314 Å². The average Bonchev–Trinajstić information content (AvgIpc) is 3.91. The second kappa shape index (κ2) is 19.0. The molecule has 0 radical (unpaired) electrons. The Morgan fingerprint density at radius 1 is 0.655 bits per heavy atom. The van der Waals surface area contributed by atoms with E-state index >= 15 is 0 Å². The number of aliphatic hydroxyl groups excluding tert-OH is 7. The van der Waals surface area contributed by atoms with E-state index in [0.717, 1.165) is 19.8 Å². The molecule has 2 amide bonds. The number of epoxide rings is 1. The number of unbranched alkanes of at least 4 members (excludes halogenated alkanes) is 2. The Hall–Kier alpha value is -2.27. The molecule has 23 nitrogen and oxygen atoms in total. The summed E-state index contributed by atoms with van der Waals surface area (Å²) in [5, 5.41) is 88.1. The summed E-state index contributed by atoms with van der Waals surface area (Å²) in [6, 6.07) is -2.48. The molecule has 0 aromatic carbocycles. The monoisotopic (exact) mass is 799 g/mol. The van der Waals surface area contributed by atoms with Crippen molar-refractivity contribution in [3.8, 4) is 0 Å². The van der Waals surface area contributed by atoms with Gasteiger partial charge < -0.3 is 99.9 Å². The number of fused-ring (bicyclic) bond motifs is 1. The molecule has 5 heterocycles. The minimum absolute atomic E-state index is 0.241. The Bertz CT molecular complexity index is 1300. The molecule has 0 aliphatic carbocycles. The van der Waals surface area contributed by atoms with Crippen LogP contribution in [0.3, 0.4) is 0 Å². The lowest BCUT2D eigenvalue weighted by Gasteiger charge is -2.50. The van der Waals surface area contributed by atoms with Crippen LogP contribution in [0.15, 0.2) is 0 Å². The molecule has 5 aliphatic heterocycles. The topological polar surface area (TPSA) is 349 Å². The molecule has 10 unspecified atom stereocenters. The molecule has 0 aromatic rings. The van der Waals surface area contributed by atoms with E-state index in [9.17, 15) is 55.2 Å². The first-order valence-electron chi connectivity index (χ1n) is 18.1. The highest BCUT2D eigenvalue weighted by Gasteiger charge is 2.61. The lowest BCUT2D eigenvalue weighted by molar-refractivity contribution is -0.373. The van der Waals surface area contributed by atoms with Crippen LogP contribution in [0.2, 0.25) is 0 Å². The van der Waals surface area contributed by atoms with Crippen LogP contribution in [-0.2, 0) is 57.0 Å². The number of nitrogens with two attached hydrogens (primary N) is 1. The van der Waals surface area contributed by atoms with E-state index in [2.05, 4.69) is 10.6 Å². The van der Waals surface area contributed by atoms with Crippen LogP contribution in [0.25, 0.3) is 0 Å². The van der Waals surface area contributed by atoms with Crippen molar-refractivity contribution in [1.29, 1.82) is 0 Å². The number of ether oxygens (including phenoxy) is 9. The van der Waals surface area contributed by atoms with Gasteiger partial charge in [-0.3, -0.25) is 9.59 Å². The standard InChI is InChI=1S/C32H53N3O20/c1-10-22(50-30-20(43)17(40)16(39)13(9-36)49-30)23(52-31-21(44)18(41)19(42)25(53-31)27(45)46)15(35-12(3)38)29(48-10)51-24-14(34-11(2)37)28(55-32-26(24)54-32)47-8-6-4-5-7-33/h10,13-26,28-32,36,39-44H,4-9,33H2,1-3H3,(H,34,37)(H,35,38)(H,45,46)/t10-,13?,14-,15-,16+,17?,18?,19-,20?,21?,22?,23?,24?,25?,26+,28+,29-,30-,31+,32?/m0/s1. The fourth-order valence-electron chi connectivity index (χ4n) is 7.00. The molecule has 5 rings (SSSR count). The van der Waals surface area contributed by atoms with Crippen molar-refractivity contribution in [2.24, 2.45) is 5.73 Å². The van der Waals surface area contributed by atoms with E-state index < -0.39 is 147 Å². The predicted octanol–water partition coefficient (Wildman–Crippen LogP) is -6.18. The molecule has 0 saturated carbocycles. The third kappa shape index (κ3) is 10.1. The van der Waals surface area contributed by atoms with Crippen LogP contribution in [0.1, 0.15) is 40.0 Å². The molecular weight excluding hydrogens is 746 g/mol. The number of aliphatic hydroxyl groups is 7. The predicted molar refractivity (Wildman–Crippen MR) is 175 cm³/mol. The Kier molecular flexibility index (Phi) is 15.1. The van der Waals surface area contributed by atoms with Crippen LogP contribution < -0.4 is 16.4 Å². The molecule has 5 fully saturated rings. The van der Waals surface area contributed by atoms with Gasteiger partial charge in [-0.05, 0) is 32.7 Å². The van der Waals surface area contributed by atoms with Gasteiger partial charge in [0.25, 0.3) is 0 Å². The Morgan fingerprint density at radius 2 is 1.24 bits per heavy atom. The van der Waals surface area contributed by atoms with Crippen molar-refractivity contribution in [3.05, 3.63) is 0 Å². The molecule has 0 spiro atoms. The van der Waals surface area contributed by atoms with Gasteiger partial charge in [0.05, 0.1) is 12.7 Å². The van der Waals surface area contributed by atoms with Gasteiger partial charge in [0.2, 0.25) is 11.8 Å². The molecule has 0 bridgehead atoms. The van der Waals surface area contributed by atoms with Crippen molar-refractivity contribution < 1.29 is 97.9 Å². The average molecular weight is 800 g/mol. The van der Waals surface area contributed by atoms with Crippen molar-refractivity contribution in [2.75, 3.05) is 19.8 Å². The van der Waals surface area contributed by atoms with Gasteiger partial charge >= 0.3 is 5.97 Å². The number of hydrogen-bond acceptors (Lipinski definition) is 20. The first-order chi connectivity index (χ1) is 26.1. The van der Waals surface area contributed by atoms with Crippen LogP contribution in [0.4, 0.5) is 0 Å². The lowest BCUT2D eigenvalue weighted by atomic mass is 9.94. The van der Waals surface area contributed by atoms with E-state index in [1.165, 1.54) is 13.8 Å². The van der Waals surface area contributed by atoms with E-state index in [1.807, 2.05) is 0 Å². The number of amides is 2. The number of hydrogen-bond donors (Lipinski definition) is 11. The minimum Gasteiger partial charge on any atom is -0.479 e. The summed E-state index contributed by atoms with van der Waals surface area (Å²) >= 11 is 0. The molecule has 23 heteroatoms. The maximum atomic E-state index is 12.8. The highest BCUT2D eigenvalue weighted by molar-refractivity contribution is 5.74. The zero-order valence-electron chi connectivity index (χ0n) is 30.3. The zero-order chi connectivity index (χ0) is 40.3. The van der Waals surface area contributed by atoms with Gasteiger partial charge in [-0.15, -0.1) is 0 Å². The van der Waals surface area contributed by atoms with Crippen molar-refractivity contribution in [2.45, 2.75) is 163 Å². The number of carboxylic acid groups (broad SMARTS) is 1. The Morgan fingerprint density at radius 3 is 1.84 bits per heavy atom. The van der Waals surface area contributed by atoms with Crippen molar-refractivity contribution >= 4 is 17.8 Å². The molecule has 20 atom stereocenters. The highest BCUT2D eigenvalue weighted by atomic mass is 16.8. The van der Waals surface area contributed by atoms with Crippen LogP contribution in [-0.4, -0.2) is 201 Å². The first kappa shape index (κ1) is 43.8. The molecule has 316 valence electrons. The normalized spacial score (nSPS) is 45.7. The Balaban J connectivity index is 1.47. The van der Waals surface area contributed by atoms with Crippen molar-refractivity contribution in [3.63, 3.8) is 0 Å². The number of carboxylic acids is 1. The van der Waals surface area contributed by atoms with Gasteiger partial charge in [-0.1, -0.05) is 0 Å². The van der Waals surface area contributed by atoms with Crippen LogP contribution >= 0.6 is 0 Å². The largest absolute Gasteiger partial charge is 0.479 e. The third-order valence-corrected chi connectivity index (χ3v) is 9.91. The van der Waals surface area contributed by atoms with Crippen LogP contribution in [0.5, 0.6) is 0 Å². The smallest absolute Gasteiger partial charge is 0.335 e. The van der Waals surface area contributed by atoms with E-state index in [-0.39, 0.29) is 6.61 Å². The van der Waals surface area contributed by atoms with Gasteiger partial charge in [-0.2, -0.15) is 0 Å². The van der Waals surface area contributed by atoms with E-state index in [1.54, 1.807) is 0 Å². The van der Waals surface area contributed by atoms with Crippen LogP contribution in [0, 0.1) is 0 Å². The number of carbonyl (C=O) groups is 3.